The zero-order valence-electron chi connectivity index (χ0n) is 11.6. The molecule has 1 aliphatic carbocycles. The van der Waals surface area contributed by atoms with Gasteiger partial charge in [-0.3, -0.25) is 0 Å². The Labute approximate surface area is 101 Å². The van der Waals surface area contributed by atoms with Crippen molar-refractivity contribution in [1.29, 1.82) is 0 Å². The fraction of sp³-hybridized carbons (Fsp3) is 0.857. The maximum atomic E-state index is 12.4. The number of rotatable bonds is 4. The summed E-state index contributed by atoms with van der Waals surface area (Å²) in [5.41, 5.74) is 3.13. The summed E-state index contributed by atoms with van der Waals surface area (Å²) >= 11 is 0. The van der Waals surface area contributed by atoms with Crippen LogP contribution in [0.5, 0.6) is 0 Å². The lowest BCUT2D eigenvalue weighted by atomic mass is 9.72. The van der Waals surface area contributed by atoms with Crippen LogP contribution in [0.15, 0.2) is 11.1 Å². The summed E-state index contributed by atoms with van der Waals surface area (Å²) in [6, 6.07) is 0. The Morgan fingerprint density at radius 3 is 2.25 bits per heavy atom. The summed E-state index contributed by atoms with van der Waals surface area (Å²) < 4.78 is -0.0594. The molecule has 0 aromatic heterocycles. The molecule has 0 aromatic carbocycles. The molecule has 0 unspecified atom stereocenters. The highest BCUT2D eigenvalue weighted by atomic mass is 16.5. The minimum atomic E-state index is -0.0594. The van der Waals surface area contributed by atoms with Crippen molar-refractivity contribution in [3.63, 3.8) is 0 Å². The number of likely N-dealkylation sites (N-methyl/N-ethyl adjacent to an activating group) is 1. The number of hydrogen-bond acceptors (Lipinski definition) is 1. The first kappa shape index (κ1) is 13.7. The second-order valence-corrected chi connectivity index (χ2v) is 5.85. The van der Waals surface area contributed by atoms with Gasteiger partial charge >= 0.3 is 0 Å². The van der Waals surface area contributed by atoms with Crippen LogP contribution in [0.2, 0.25) is 0 Å². The van der Waals surface area contributed by atoms with Gasteiger partial charge in [-0.15, -0.1) is 0 Å². The van der Waals surface area contributed by atoms with Crippen LogP contribution in [0.4, 0.5) is 0 Å². The van der Waals surface area contributed by atoms with Crippen LogP contribution in [0, 0.1) is 10.6 Å². The Morgan fingerprint density at radius 2 is 1.81 bits per heavy atom. The number of hydroxylamine groups is 3. The first-order chi connectivity index (χ1) is 7.34. The third-order valence-corrected chi connectivity index (χ3v) is 4.28. The van der Waals surface area contributed by atoms with E-state index in [0.29, 0.717) is 19.6 Å². The van der Waals surface area contributed by atoms with Gasteiger partial charge in [0, 0.05) is 0 Å². The van der Waals surface area contributed by atoms with E-state index in [1.165, 1.54) is 30.4 Å². The first-order valence-electron chi connectivity index (χ1n) is 6.61. The zero-order valence-corrected chi connectivity index (χ0v) is 11.6. The van der Waals surface area contributed by atoms with Crippen molar-refractivity contribution in [2.45, 2.75) is 53.9 Å². The van der Waals surface area contributed by atoms with Gasteiger partial charge in [0.25, 0.3) is 0 Å². The molecule has 0 radical (unpaired) electrons. The second kappa shape index (κ2) is 4.89. The van der Waals surface area contributed by atoms with E-state index in [-0.39, 0.29) is 10.1 Å². The van der Waals surface area contributed by atoms with Crippen LogP contribution in [0.3, 0.4) is 0 Å². The van der Waals surface area contributed by atoms with Crippen molar-refractivity contribution >= 4 is 0 Å². The average molecular weight is 225 g/mol. The summed E-state index contributed by atoms with van der Waals surface area (Å²) in [4.78, 5) is 0. The van der Waals surface area contributed by atoms with E-state index in [0.717, 1.165) is 0 Å². The van der Waals surface area contributed by atoms with Gasteiger partial charge in [-0.05, 0) is 51.0 Å². The fourth-order valence-electron chi connectivity index (χ4n) is 2.76. The van der Waals surface area contributed by atoms with Crippen molar-refractivity contribution in [3.05, 3.63) is 16.4 Å². The topological polar surface area (TPSA) is 23.1 Å². The molecular weight excluding hydrogens is 198 g/mol. The third-order valence-electron chi connectivity index (χ3n) is 4.28. The summed E-state index contributed by atoms with van der Waals surface area (Å²) in [5, 5.41) is 12.4. The van der Waals surface area contributed by atoms with E-state index in [9.17, 15) is 5.21 Å². The Morgan fingerprint density at radius 1 is 1.25 bits per heavy atom. The molecule has 94 valence electrons. The smallest absolute Gasteiger partial charge is 0.101 e. The Kier molecular flexibility index (Phi) is 4.19. The molecule has 1 aliphatic rings. The average Bonchev–Trinajstić information content (AvgIpc) is 2.23. The number of hydrogen-bond donors (Lipinski definition) is 0. The molecule has 0 N–H and O–H groups in total. The molecule has 16 heavy (non-hydrogen) atoms. The van der Waals surface area contributed by atoms with Crippen LogP contribution in [0.25, 0.3) is 0 Å². The van der Waals surface area contributed by atoms with Crippen LogP contribution in [0.1, 0.15) is 53.9 Å². The molecule has 0 fully saturated rings. The maximum absolute atomic E-state index is 12.4. The van der Waals surface area contributed by atoms with Gasteiger partial charge in [-0.1, -0.05) is 19.4 Å². The maximum Gasteiger partial charge on any atom is 0.101 e. The fourth-order valence-corrected chi connectivity index (χ4v) is 2.76. The molecule has 0 aliphatic heterocycles. The van der Waals surface area contributed by atoms with Gasteiger partial charge in [0.1, 0.15) is 6.54 Å². The predicted molar refractivity (Wildman–Crippen MR) is 69.9 cm³/mol. The van der Waals surface area contributed by atoms with E-state index in [2.05, 4.69) is 20.8 Å². The lowest BCUT2D eigenvalue weighted by Gasteiger charge is -2.46. The molecule has 0 bridgehead atoms. The minimum absolute atomic E-state index is 0.0594. The summed E-state index contributed by atoms with van der Waals surface area (Å²) in [6.07, 6.45) is 3.69. The van der Waals surface area contributed by atoms with Gasteiger partial charge in [0.15, 0.2) is 0 Å². The van der Waals surface area contributed by atoms with Gasteiger partial charge in [-0.2, -0.15) is 0 Å². The largest absolute Gasteiger partial charge is 0.633 e. The van der Waals surface area contributed by atoms with Crippen molar-refractivity contribution in [2.24, 2.45) is 5.41 Å². The zero-order chi connectivity index (χ0) is 12.4. The highest BCUT2D eigenvalue weighted by Crippen LogP contribution is 2.41. The van der Waals surface area contributed by atoms with Crippen LogP contribution in [-0.2, 0) is 0 Å². The molecule has 0 amide bonds. The van der Waals surface area contributed by atoms with Crippen molar-refractivity contribution in [3.8, 4) is 0 Å². The Bertz CT molecular complexity index is 274. The lowest BCUT2D eigenvalue weighted by Crippen LogP contribution is -2.45. The standard InChI is InChI=1S/C14H27NO/c1-6-15(16,7-2)11-13-12(3)9-8-10-14(13,4)5/h6-11H2,1-5H3. The summed E-state index contributed by atoms with van der Waals surface area (Å²) in [6.45, 7) is 12.9. The van der Waals surface area contributed by atoms with E-state index >= 15 is 0 Å². The quantitative estimate of drug-likeness (QED) is 0.404. The Hall–Kier alpha value is -0.340. The third kappa shape index (κ3) is 2.86. The van der Waals surface area contributed by atoms with Crippen molar-refractivity contribution < 1.29 is 4.65 Å². The minimum Gasteiger partial charge on any atom is -0.633 e. The normalized spacial score (nSPS) is 21.4. The molecule has 0 atom stereocenters. The monoisotopic (exact) mass is 225 g/mol. The first-order valence-corrected chi connectivity index (χ1v) is 6.61. The molecule has 0 aromatic rings. The van der Waals surface area contributed by atoms with E-state index < -0.39 is 0 Å². The van der Waals surface area contributed by atoms with Gasteiger partial charge < -0.3 is 9.85 Å². The second-order valence-electron chi connectivity index (χ2n) is 5.85. The van der Waals surface area contributed by atoms with Crippen LogP contribution in [-0.4, -0.2) is 24.3 Å². The molecule has 0 saturated heterocycles. The highest BCUT2D eigenvalue weighted by Gasteiger charge is 2.32. The molecule has 1 rings (SSSR count). The van der Waals surface area contributed by atoms with E-state index in [1.54, 1.807) is 0 Å². The van der Waals surface area contributed by atoms with E-state index in [4.69, 9.17) is 0 Å². The SMILES string of the molecule is CC[N+]([O-])(CC)CC1=C(C)CCCC1(C)C. The summed E-state index contributed by atoms with van der Waals surface area (Å²) in [7, 11) is 0. The predicted octanol–water partition coefficient (Wildman–Crippen LogP) is 3.87. The Balaban J connectivity index is 2.93. The van der Waals surface area contributed by atoms with Gasteiger partial charge in [0.2, 0.25) is 0 Å². The summed E-state index contributed by atoms with van der Waals surface area (Å²) in [5.74, 6) is 0. The molecule has 2 heteroatoms. The number of quaternary nitrogens is 1. The molecule has 0 spiro atoms. The van der Waals surface area contributed by atoms with Crippen molar-refractivity contribution in [2.75, 3.05) is 19.6 Å². The number of allylic oxidation sites excluding steroid dienone is 1. The van der Waals surface area contributed by atoms with Crippen LogP contribution < -0.4 is 0 Å². The van der Waals surface area contributed by atoms with E-state index in [1.807, 2.05) is 13.8 Å². The molecular formula is C14H27NO. The van der Waals surface area contributed by atoms with Gasteiger partial charge in [-0.25, -0.2) is 0 Å². The lowest BCUT2D eigenvalue weighted by molar-refractivity contribution is -0.872. The molecule has 0 saturated carbocycles. The molecule has 0 heterocycles. The van der Waals surface area contributed by atoms with Crippen molar-refractivity contribution in [1.82, 2.24) is 0 Å². The van der Waals surface area contributed by atoms with Crippen LogP contribution >= 0.6 is 0 Å². The number of nitrogens with zero attached hydrogens (tertiary/aromatic N) is 1. The molecule has 2 nitrogen and oxygen atoms in total. The highest BCUT2D eigenvalue weighted by molar-refractivity contribution is 5.22. The van der Waals surface area contributed by atoms with Gasteiger partial charge in [0.05, 0.1) is 13.1 Å².